The van der Waals surface area contributed by atoms with E-state index in [2.05, 4.69) is 5.32 Å². The summed E-state index contributed by atoms with van der Waals surface area (Å²) in [5.41, 5.74) is 1.36. The predicted molar refractivity (Wildman–Crippen MR) is 77.5 cm³/mol. The maximum absolute atomic E-state index is 11.7. The summed E-state index contributed by atoms with van der Waals surface area (Å²) >= 11 is 0. The van der Waals surface area contributed by atoms with Crippen molar-refractivity contribution in [3.05, 3.63) is 29.8 Å². The standard InChI is InChI=1S/C15H21NO3/c1-5-7-8-16-13-10-15(19-6-2)14(18-4)9-12(13)11(3)17/h5,7,9-10,16H,6,8H2,1-4H3. The van der Waals surface area contributed by atoms with Gasteiger partial charge in [0.1, 0.15) is 0 Å². The van der Waals surface area contributed by atoms with Gasteiger partial charge in [-0.25, -0.2) is 0 Å². The number of carbonyl (C=O) groups is 1. The Kier molecular flexibility index (Phi) is 5.93. The minimum absolute atomic E-state index is 0.00988. The average molecular weight is 263 g/mol. The van der Waals surface area contributed by atoms with E-state index < -0.39 is 0 Å². The Bertz CT molecular complexity index is 467. The van der Waals surface area contributed by atoms with Crippen LogP contribution in [0.2, 0.25) is 0 Å². The van der Waals surface area contributed by atoms with Crippen LogP contribution in [0.5, 0.6) is 11.5 Å². The molecule has 1 rings (SSSR count). The van der Waals surface area contributed by atoms with Gasteiger partial charge >= 0.3 is 0 Å². The van der Waals surface area contributed by atoms with Crippen molar-refractivity contribution >= 4 is 11.5 Å². The van der Waals surface area contributed by atoms with Gasteiger partial charge in [-0.15, -0.1) is 0 Å². The lowest BCUT2D eigenvalue weighted by Crippen LogP contribution is -2.07. The number of carbonyl (C=O) groups excluding carboxylic acids is 1. The van der Waals surface area contributed by atoms with E-state index in [-0.39, 0.29) is 5.78 Å². The van der Waals surface area contributed by atoms with Crippen LogP contribution in [-0.2, 0) is 0 Å². The molecular weight excluding hydrogens is 242 g/mol. The van der Waals surface area contributed by atoms with E-state index in [0.29, 0.717) is 30.2 Å². The lowest BCUT2D eigenvalue weighted by molar-refractivity contribution is 0.101. The van der Waals surface area contributed by atoms with Gasteiger partial charge in [0, 0.05) is 23.9 Å². The van der Waals surface area contributed by atoms with Gasteiger partial charge < -0.3 is 14.8 Å². The molecule has 0 atom stereocenters. The highest BCUT2D eigenvalue weighted by molar-refractivity contribution is 6.00. The first-order valence-electron chi connectivity index (χ1n) is 6.34. The summed E-state index contributed by atoms with van der Waals surface area (Å²) in [4.78, 5) is 11.7. The zero-order valence-corrected chi connectivity index (χ0v) is 11.9. The van der Waals surface area contributed by atoms with Gasteiger partial charge in [0.25, 0.3) is 0 Å². The maximum atomic E-state index is 11.7. The first-order chi connectivity index (χ1) is 9.13. The summed E-state index contributed by atoms with van der Waals surface area (Å²) in [7, 11) is 1.56. The van der Waals surface area contributed by atoms with Gasteiger partial charge in [0.2, 0.25) is 0 Å². The van der Waals surface area contributed by atoms with E-state index in [9.17, 15) is 4.79 Å². The van der Waals surface area contributed by atoms with E-state index in [0.717, 1.165) is 5.69 Å². The first kappa shape index (κ1) is 15.1. The third-order valence-electron chi connectivity index (χ3n) is 2.63. The zero-order valence-electron chi connectivity index (χ0n) is 11.9. The zero-order chi connectivity index (χ0) is 14.3. The number of hydrogen-bond acceptors (Lipinski definition) is 4. The van der Waals surface area contributed by atoms with Crippen LogP contribution in [0.15, 0.2) is 24.3 Å². The molecule has 0 heterocycles. The largest absolute Gasteiger partial charge is 0.493 e. The molecule has 0 amide bonds. The minimum Gasteiger partial charge on any atom is -0.493 e. The van der Waals surface area contributed by atoms with Gasteiger partial charge in [0.15, 0.2) is 17.3 Å². The Morgan fingerprint density at radius 1 is 1.37 bits per heavy atom. The summed E-state index contributed by atoms with van der Waals surface area (Å²) in [6.45, 7) is 6.60. The Balaban J connectivity index is 3.16. The van der Waals surface area contributed by atoms with E-state index in [1.54, 1.807) is 13.2 Å². The number of methoxy groups -OCH3 is 1. The monoisotopic (exact) mass is 263 g/mol. The Morgan fingerprint density at radius 2 is 2.11 bits per heavy atom. The normalized spacial score (nSPS) is 10.5. The second kappa shape index (κ2) is 7.46. The van der Waals surface area contributed by atoms with E-state index >= 15 is 0 Å². The Hall–Kier alpha value is -1.97. The van der Waals surface area contributed by atoms with Crippen molar-refractivity contribution in [1.82, 2.24) is 0 Å². The first-order valence-corrected chi connectivity index (χ1v) is 6.34. The van der Waals surface area contributed by atoms with E-state index in [1.807, 2.05) is 32.1 Å². The number of rotatable bonds is 7. The lowest BCUT2D eigenvalue weighted by Gasteiger charge is -2.15. The van der Waals surface area contributed by atoms with Crippen molar-refractivity contribution in [3.8, 4) is 11.5 Å². The van der Waals surface area contributed by atoms with Crippen LogP contribution in [0.1, 0.15) is 31.1 Å². The molecule has 1 N–H and O–H groups in total. The fourth-order valence-electron chi connectivity index (χ4n) is 1.71. The molecule has 0 fully saturated rings. The molecule has 0 aliphatic heterocycles. The molecule has 4 heteroatoms. The second-order valence-electron chi connectivity index (χ2n) is 3.99. The number of anilines is 1. The van der Waals surface area contributed by atoms with Crippen molar-refractivity contribution in [2.45, 2.75) is 20.8 Å². The number of benzene rings is 1. The highest BCUT2D eigenvalue weighted by Crippen LogP contribution is 2.33. The van der Waals surface area contributed by atoms with Gasteiger partial charge in [-0.3, -0.25) is 4.79 Å². The molecular formula is C15H21NO3. The van der Waals surface area contributed by atoms with Crippen molar-refractivity contribution in [3.63, 3.8) is 0 Å². The molecule has 0 bridgehead atoms. The molecule has 0 unspecified atom stereocenters. The molecule has 1 aromatic rings. The van der Waals surface area contributed by atoms with Crippen LogP contribution in [0, 0.1) is 0 Å². The summed E-state index contributed by atoms with van der Waals surface area (Å²) in [6, 6.07) is 3.52. The molecule has 0 aliphatic carbocycles. The van der Waals surface area contributed by atoms with Crippen molar-refractivity contribution in [1.29, 1.82) is 0 Å². The Labute approximate surface area is 114 Å². The molecule has 19 heavy (non-hydrogen) atoms. The number of hydrogen-bond donors (Lipinski definition) is 1. The quantitative estimate of drug-likeness (QED) is 0.606. The van der Waals surface area contributed by atoms with Crippen molar-refractivity contribution in [2.24, 2.45) is 0 Å². The van der Waals surface area contributed by atoms with Crippen molar-refractivity contribution < 1.29 is 14.3 Å². The average Bonchev–Trinajstić information content (AvgIpc) is 2.39. The van der Waals surface area contributed by atoms with Crippen LogP contribution in [0.4, 0.5) is 5.69 Å². The fraction of sp³-hybridized carbons (Fsp3) is 0.400. The van der Waals surface area contributed by atoms with Crippen LogP contribution in [0.3, 0.4) is 0 Å². The highest BCUT2D eigenvalue weighted by Gasteiger charge is 2.14. The van der Waals surface area contributed by atoms with Crippen LogP contribution in [0.25, 0.3) is 0 Å². The molecule has 0 saturated carbocycles. The van der Waals surface area contributed by atoms with Crippen LogP contribution < -0.4 is 14.8 Å². The lowest BCUT2D eigenvalue weighted by atomic mass is 10.1. The van der Waals surface area contributed by atoms with Crippen LogP contribution >= 0.6 is 0 Å². The number of Topliss-reactive ketones (excluding diaryl/α,β-unsaturated/α-hetero) is 1. The summed E-state index contributed by atoms with van der Waals surface area (Å²) in [5, 5.41) is 3.20. The summed E-state index contributed by atoms with van der Waals surface area (Å²) < 4.78 is 10.8. The predicted octanol–water partition coefficient (Wildman–Crippen LogP) is 3.28. The SMILES string of the molecule is CC=CCNc1cc(OCC)c(OC)cc1C(C)=O. The van der Waals surface area contributed by atoms with Crippen molar-refractivity contribution in [2.75, 3.05) is 25.6 Å². The third kappa shape index (κ3) is 4.02. The van der Waals surface area contributed by atoms with Crippen LogP contribution in [-0.4, -0.2) is 26.0 Å². The molecule has 0 saturated heterocycles. The second-order valence-corrected chi connectivity index (χ2v) is 3.99. The number of nitrogens with one attached hydrogen (secondary N) is 1. The highest BCUT2D eigenvalue weighted by atomic mass is 16.5. The smallest absolute Gasteiger partial charge is 0.163 e. The topological polar surface area (TPSA) is 47.6 Å². The fourth-order valence-corrected chi connectivity index (χ4v) is 1.71. The molecule has 4 nitrogen and oxygen atoms in total. The van der Waals surface area contributed by atoms with Gasteiger partial charge in [0.05, 0.1) is 13.7 Å². The Morgan fingerprint density at radius 3 is 2.63 bits per heavy atom. The molecule has 0 radical (unpaired) electrons. The van der Waals surface area contributed by atoms with Gasteiger partial charge in [-0.1, -0.05) is 12.2 Å². The molecule has 104 valence electrons. The summed E-state index contributed by atoms with van der Waals surface area (Å²) in [5.74, 6) is 1.20. The number of ketones is 1. The van der Waals surface area contributed by atoms with Gasteiger partial charge in [-0.05, 0) is 26.8 Å². The van der Waals surface area contributed by atoms with E-state index in [1.165, 1.54) is 6.92 Å². The number of ether oxygens (including phenoxy) is 2. The van der Waals surface area contributed by atoms with E-state index in [4.69, 9.17) is 9.47 Å². The molecule has 0 aromatic heterocycles. The molecule has 0 aliphatic rings. The maximum Gasteiger partial charge on any atom is 0.163 e. The molecule has 1 aromatic carbocycles. The number of allylic oxidation sites excluding steroid dienone is 1. The van der Waals surface area contributed by atoms with Gasteiger partial charge in [-0.2, -0.15) is 0 Å². The third-order valence-corrected chi connectivity index (χ3v) is 2.63. The molecule has 0 spiro atoms. The summed E-state index contributed by atoms with van der Waals surface area (Å²) in [6.07, 6.45) is 3.93. The minimum atomic E-state index is -0.00988.